The van der Waals surface area contributed by atoms with E-state index >= 15 is 0 Å². The minimum atomic E-state index is -0.298. The first-order valence-electron chi connectivity index (χ1n) is 4.03. The van der Waals surface area contributed by atoms with E-state index in [1.54, 1.807) is 18.2 Å². The van der Waals surface area contributed by atoms with Gasteiger partial charge >= 0.3 is 0 Å². The second-order valence-corrected chi connectivity index (χ2v) is 3.68. The molecule has 14 heavy (non-hydrogen) atoms. The summed E-state index contributed by atoms with van der Waals surface area (Å²) in [6.07, 6.45) is 3.60. The topological polar surface area (TPSA) is 9.23 Å². The second kappa shape index (κ2) is 6.04. The largest absolute Gasteiger partial charge is 0.490 e. The SMILES string of the molecule is Fc1ccc(OC/C=C/CCl)cc1Br. The van der Waals surface area contributed by atoms with Gasteiger partial charge in [0.25, 0.3) is 0 Å². The first-order valence-corrected chi connectivity index (χ1v) is 5.35. The van der Waals surface area contributed by atoms with Crippen molar-refractivity contribution in [3.63, 3.8) is 0 Å². The van der Waals surface area contributed by atoms with Gasteiger partial charge in [0.1, 0.15) is 18.2 Å². The van der Waals surface area contributed by atoms with E-state index in [9.17, 15) is 4.39 Å². The lowest BCUT2D eigenvalue weighted by Crippen LogP contribution is -1.93. The predicted molar refractivity (Wildman–Crippen MR) is 59.5 cm³/mol. The highest BCUT2D eigenvalue weighted by Gasteiger charge is 1.99. The van der Waals surface area contributed by atoms with Gasteiger partial charge in [0.2, 0.25) is 0 Å². The van der Waals surface area contributed by atoms with Crippen LogP contribution in [0.4, 0.5) is 4.39 Å². The molecule has 0 N–H and O–H groups in total. The highest BCUT2D eigenvalue weighted by molar-refractivity contribution is 9.10. The van der Waals surface area contributed by atoms with Crippen LogP contribution >= 0.6 is 27.5 Å². The van der Waals surface area contributed by atoms with Crippen LogP contribution in [0.2, 0.25) is 0 Å². The maximum Gasteiger partial charge on any atom is 0.137 e. The quantitative estimate of drug-likeness (QED) is 0.602. The lowest BCUT2D eigenvalue weighted by Gasteiger charge is -2.03. The van der Waals surface area contributed by atoms with Crippen LogP contribution in [-0.2, 0) is 0 Å². The van der Waals surface area contributed by atoms with Crippen molar-refractivity contribution in [1.82, 2.24) is 0 Å². The lowest BCUT2D eigenvalue weighted by molar-refractivity contribution is 0.361. The molecule has 0 spiro atoms. The molecule has 76 valence electrons. The summed E-state index contributed by atoms with van der Waals surface area (Å²) in [6.45, 7) is 0.435. The Labute approximate surface area is 95.7 Å². The number of ether oxygens (including phenoxy) is 1. The zero-order valence-electron chi connectivity index (χ0n) is 7.34. The van der Waals surface area contributed by atoms with Crippen LogP contribution < -0.4 is 4.74 Å². The molecule has 0 aliphatic rings. The van der Waals surface area contributed by atoms with Gasteiger partial charge in [-0.05, 0) is 34.1 Å². The number of hydrogen-bond acceptors (Lipinski definition) is 1. The lowest BCUT2D eigenvalue weighted by atomic mass is 10.3. The molecule has 1 aromatic rings. The standard InChI is InChI=1S/C10H9BrClFO/c11-9-7-8(3-4-10(9)13)14-6-2-1-5-12/h1-4,7H,5-6H2/b2-1+. The molecule has 0 aromatic heterocycles. The molecule has 0 aliphatic heterocycles. The zero-order chi connectivity index (χ0) is 10.4. The Morgan fingerprint density at radius 3 is 2.86 bits per heavy atom. The number of allylic oxidation sites excluding steroid dienone is 1. The van der Waals surface area contributed by atoms with E-state index in [4.69, 9.17) is 16.3 Å². The Hall–Kier alpha value is -0.540. The molecule has 0 aliphatic carbocycles. The van der Waals surface area contributed by atoms with Gasteiger partial charge < -0.3 is 4.74 Å². The number of halogens is 3. The van der Waals surface area contributed by atoms with Crippen molar-refractivity contribution >= 4 is 27.5 Å². The number of alkyl halides is 1. The summed E-state index contributed by atoms with van der Waals surface area (Å²) in [7, 11) is 0. The molecular formula is C10H9BrClFO. The van der Waals surface area contributed by atoms with E-state index < -0.39 is 0 Å². The number of hydrogen-bond donors (Lipinski definition) is 0. The molecule has 4 heteroatoms. The Balaban J connectivity index is 2.51. The zero-order valence-corrected chi connectivity index (χ0v) is 9.69. The number of benzene rings is 1. The van der Waals surface area contributed by atoms with Gasteiger partial charge in [-0.25, -0.2) is 4.39 Å². The van der Waals surface area contributed by atoms with Gasteiger partial charge in [-0.2, -0.15) is 0 Å². The fraction of sp³-hybridized carbons (Fsp3) is 0.200. The van der Waals surface area contributed by atoms with Crippen molar-refractivity contribution in [2.45, 2.75) is 0 Å². The van der Waals surface area contributed by atoms with E-state index in [0.717, 1.165) is 0 Å². The minimum absolute atomic E-state index is 0.298. The van der Waals surface area contributed by atoms with Crippen LogP contribution in [0.25, 0.3) is 0 Å². The van der Waals surface area contributed by atoms with Crippen molar-refractivity contribution in [1.29, 1.82) is 0 Å². The van der Waals surface area contributed by atoms with Crippen molar-refractivity contribution < 1.29 is 9.13 Å². The second-order valence-electron chi connectivity index (χ2n) is 2.51. The molecule has 0 heterocycles. The summed E-state index contributed by atoms with van der Waals surface area (Å²) in [5, 5.41) is 0. The molecular weight excluding hydrogens is 270 g/mol. The minimum Gasteiger partial charge on any atom is -0.490 e. The molecule has 0 saturated carbocycles. The molecule has 0 radical (unpaired) electrons. The highest BCUT2D eigenvalue weighted by Crippen LogP contribution is 2.21. The number of rotatable bonds is 4. The van der Waals surface area contributed by atoms with Gasteiger partial charge in [-0.3, -0.25) is 0 Å². The van der Waals surface area contributed by atoms with E-state index in [2.05, 4.69) is 15.9 Å². The van der Waals surface area contributed by atoms with Gasteiger partial charge in [0.15, 0.2) is 0 Å². The van der Waals surface area contributed by atoms with Crippen LogP contribution in [0.3, 0.4) is 0 Å². The Bertz CT molecular complexity index is 328. The van der Waals surface area contributed by atoms with Gasteiger partial charge in [-0.1, -0.05) is 12.2 Å². The molecule has 1 nitrogen and oxygen atoms in total. The Morgan fingerprint density at radius 1 is 1.43 bits per heavy atom. The van der Waals surface area contributed by atoms with E-state index in [-0.39, 0.29) is 5.82 Å². The summed E-state index contributed by atoms with van der Waals surface area (Å²) in [6, 6.07) is 4.52. The molecule has 1 aromatic carbocycles. The normalized spacial score (nSPS) is 10.8. The molecule has 0 amide bonds. The first-order chi connectivity index (χ1) is 6.74. The van der Waals surface area contributed by atoms with Gasteiger partial charge in [0.05, 0.1) is 4.47 Å². The molecule has 0 unspecified atom stereocenters. The Kier molecular flexibility index (Phi) is 4.98. The molecule has 0 fully saturated rings. The van der Waals surface area contributed by atoms with Crippen molar-refractivity contribution in [2.24, 2.45) is 0 Å². The Morgan fingerprint density at radius 2 is 2.21 bits per heavy atom. The first kappa shape index (κ1) is 11.5. The van der Waals surface area contributed by atoms with Crippen LogP contribution in [0, 0.1) is 5.82 Å². The molecule has 0 atom stereocenters. The monoisotopic (exact) mass is 278 g/mol. The van der Waals surface area contributed by atoms with E-state index in [0.29, 0.717) is 22.7 Å². The van der Waals surface area contributed by atoms with Crippen molar-refractivity contribution in [3.8, 4) is 5.75 Å². The predicted octanol–water partition coefficient (Wildman–Crippen LogP) is 3.76. The van der Waals surface area contributed by atoms with Crippen LogP contribution in [0.1, 0.15) is 0 Å². The summed E-state index contributed by atoms with van der Waals surface area (Å²) >= 11 is 8.50. The third-order valence-corrected chi connectivity index (χ3v) is 2.28. The van der Waals surface area contributed by atoms with Crippen LogP contribution in [0.5, 0.6) is 5.75 Å². The van der Waals surface area contributed by atoms with Crippen LogP contribution in [-0.4, -0.2) is 12.5 Å². The van der Waals surface area contributed by atoms with Crippen LogP contribution in [0.15, 0.2) is 34.8 Å². The summed E-state index contributed by atoms with van der Waals surface area (Å²) in [5.41, 5.74) is 0. The fourth-order valence-electron chi connectivity index (χ4n) is 0.842. The summed E-state index contributed by atoms with van der Waals surface area (Å²) in [4.78, 5) is 0. The highest BCUT2D eigenvalue weighted by atomic mass is 79.9. The molecule has 0 bridgehead atoms. The summed E-state index contributed by atoms with van der Waals surface area (Å²) < 4.78 is 18.5. The summed E-state index contributed by atoms with van der Waals surface area (Å²) in [5.74, 6) is 0.794. The van der Waals surface area contributed by atoms with Crippen molar-refractivity contribution in [3.05, 3.63) is 40.6 Å². The third-order valence-electron chi connectivity index (χ3n) is 1.49. The van der Waals surface area contributed by atoms with E-state index in [1.807, 2.05) is 6.08 Å². The fourth-order valence-corrected chi connectivity index (χ4v) is 1.33. The van der Waals surface area contributed by atoms with Gasteiger partial charge in [0, 0.05) is 5.88 Å². The maximum absolute atomic E-state index is 12.8. The third kappa shape index (κ3) is 3.68. The van der Waals surface area contributed by atoms with Crippen molar-refractivity contribution in [2.75, 3.05) is 12.5 Å². The average molecular weight is 280 g/mol. The molecule has 0 saturated heterocycles. The van der Waals surface area contributed by atoms with Gasteiger partial charge in [-0.15, -0.1) is 11.6 Å². The molecule has 1 rings (SSSR count). The van der Waals surface area contributed by atoms with E-state index in [1.165, 1.54) is 6.07 Å². The smallest absolute Gasteiger partial charge is 0.137 e. The maximum atomic E-state index is 12.8. The average Bonchev–Trinajstić information content (AvgIpc) is 2.18.